The zero-order valence-corrected chi connectivity index (χ0v) is 20.4. The summed E-state index contributed by atoms with van der Waals surface area (Å²) in [7, 11) is -2.40. The molecule has 4 rings (SSSR count). The molecule has 9 nitrogen and oxygen atoms in total. The molecule has 2 aromatic carbocycles. The van der Waals surface area contributed by atoms with Gasteiger partial charge < -0.3 is 15.0 Å². The quantitative estimate of drug-likeness (QED) is 0.578. The van der Waals surface area contributed by atoms with Crippen molar-refractivity contribution in [2.24, 2.45) is 0 Å². The first-order valence-corrected chi connectivity index (χ1v) is 13.1. The van der Waals surface area contributed by atoms with E-state index in [0.717, 1.165) is 4.31 Å². The number of hydrogen-bond donors (Lipinski definition) is 1. The standard InChI is InChI=1S/C23H25N3O6S2/c1-23-12-11-21(28)26(23)19(15-33-23)22(29)32-14-20(27)24-16-7-6-10-18(13-16)34(30,31)25(2)17-8-4-3-5-9-17/h3-10,13,19H,11-12,14-15H2,1-2H3,(H,24,27)/t19-,23+/m1/s1. The number of thioether (sulfide) groups is 1. The van der Waals surface area contributed by atoms with Crippen molar-refractivity contribution in [3.05, 3.63) is 54.6 Å². The van der Waals surface area contributed by atoms with Crippen LogP contribution in [0.2, 0.25) is 0 Å². The lowest BCUT2D eigenvalue weighted by molar-refractivity contribution is -0.155. The number of nitrogens with one attached hydrogen (secondary N) is 1. The van der Waals surface area contributed by atoms with Crippen LogP contribution in [-0.4, -0.2) is 61.4 Å². The number of carbonyl (C=O) groups excluding carboxylic acids is 3. The second-order valence-electron chi connectivity index (χ2n) is 8.26. The van der Waals surface area contributed by atoms with Gasteiger partial charge in [-0.05, 0) is 43.7 Å². The van der Waals surface area contributed by atoms with E-state index in [2.05, 4.69) is 5.32 Å². The third-order valence-corrected chi connectivity index (χ3v) is 9.25. The highest BCUT2D eigenvalue weighted by atomic mass is 32.2. The number of nitrogens with zero attached hydrogens (tertiary/aromatic N) is 2. The predicted octanol–water partition coefficient (Wildman–Crippen LogP) is 2.45. The summed E-state index contributed by atoms with van der Waals surface area (Å²) in [6, 6.07) is 13.8. The molecule has 0 saturated carbocycles. The molecule has 11 heteroatoms. The van der Waals surface area contributed by atoms with Gasteiger partial charge in [0.25, 0.3) is 15.9 Å². The zero-order chi connectivity index (χ0) is 24.5. The summed E-state index contributed by atoms with van der Waals surface area (Å²) in [5.74, 6) is -0.891. The van der Waals surface area contributed by atoms with Crippen molar-refractivity contribution in [3.8, 4) is 0 Å². The lowest BCUT2D eigenvalue weighted by Crippen LogP contribution is -2.47. The van der Waals surface area contributed by atoms with Crippen molar-refractivity contribution in [2.75, 3.05) is 29.0 Å². The Morgan fingerprint density at radius 3 is 2.68 bits per heavy atom. The van der Waals surface area contributed by atoms with Gasteiger partial charge >= 0.3 is 5.97 Å². The van der Waals surface area contributed by atoms with E-state index >= 15 is 0 Å². The minimum Gasteiger partial charge on any atom is -0.454 e. The van der Waals surface area contributed by atoms with E-state index in [1.54, 1.807) is 41.3 Å². The third-order valence-electron chi connectivity index (χ3n) is 5.96. The largest absolute Gasteiger partial charge is 0.454 e. The highest BCUT2D eigenvalue weighted by Crippen LogP contribution is 2.47. The van der Waals surface area contributed by atoms with E-state index in [9.17, 15) is 22.8 Å². The van der Waals surface area contributed by atoms with Crippen molar-refractivity contribution in [1.82, 2.24) is 4.90 Å². The number of esters is 1. The Bertz CT molecular complexity index is 1220. The van der Waals surface area contributed by atoms with E-state index in [-0.39, 0.29) is 16.5 Å². The highest BCUT2D eigenvalue weighted by molar-refractivity contribution is 8.01. The van der Waals surface area contributed by atoms with Crippen molar-refractivity contribution in [2.45, 2.75) is 35.6 Å². The van der Waals surface area contributed by atoms with E-state index in [4.69, 9.17) is 4.74 Å². The molecule has 2 aromatic rings. The molecule has 2 aliphatic rings. The zero-order valence-electron chi connectivity index (χ0n) is 18.8. The lowest BCUT2D eigenvalue weighted by Gasteiger charge is -2.29. The topological polar surface area (TPSA) is 113 Å². The first-order valence-electron chi connectivity index (χ1n) is 10.7. The van der Waals surface area contributed by atoms with Crippen LogP contribution >= 0.6 is 11.8 Å². The summed E-state index contributed by atoms with van der Waals surface area (Å²) in [4.78, 5) is 38.2. The number of hydrogen-bond acceptors (Lipinski definition) is 7. The Labute approximate surface area is 202 Å². The Kier molecular flexibility index (Phi) is 6.59. The van der Waals surface area contributed by atoms with Crippen LogP contribution < -0.4 is 9.62 Å². The van der Waals surface area contributed by atoms with Crippen LogP contribution in [-0.2, 0) is 29.1 Å². The molecule has 2 atom stereocenters. The van der Waals surface area contributed by atoms with Gasteiger partial charge in [-0.25, -0.2) is 13.2 Å². The van der Waals surface area contributed by atoms with Gasteiger partial charge in [0.1, 0.15) is 6.04 Å². The fourth-order valence-electron chi connectivity index (χ4n) is 4.09. The van der Waals surface area contributed by atoms with Gasteiger partial charge in [-0.1, -0.05) is 24.3 Å². The number of para-hydroxylation sites is 1. The average molecular weight is 504 g/mol. The number of amides is 2. The van der Waals surface area contributed by atoms with Crippen LogP contribution in [0.5, 0.6) is 0 Å². The van der Waals surface area contributed by atoms with Gasteiger partial charge in [-0.15, -0.1) is 11.8 Å². The van der Waals surface area contributed by atoms with Crippen LogP contribution in [0.4, 0.5) is 11.4 Å². The predicted molar refractivity (Wildman–Crippen MR) is 129 cm³/mol. The monoisotopic (exact) mass is 503 g/mol. The second-order valence-corrected chi connectivity index (χ2v) is 11.7. The summed E-state index contributed by atoms with van der Waals surface area (Å²) in [5.41, 5.74) is 0.754. The minimum atomic E-state index is -3.85. The fourth-order valence-corrected chi connectivity index (χ4v) is 6.75. The molecule has 34 heavy (non-hydrogen) atoms. The van der Waals surface area contributed by atoms with Gasteiger partial charge in [0.2, 0.25) is 5.91 Å². The Morgan fingerprint density at radius 1 is 1.21 bits per heavy atom. The summed E-state index contributed by atoms with van der Waals surface area (Å²) >= 11 is 1.54. The van der Waals surface area contributed by atoms with Gasteiger partial charge in [0.15, 0.2) is 6.61 Å². The maximum Gasteiger partial charge on any atom is 0.330 e. The highest BCUT2D eigenvalue weighted by Gasteiger charge is 2.53. The number of ether oxygens (including phenoxy) is 1. The van der Waals surface area contributed by atoms with Gasteiger partial charge in [0, 0.05) is 24.9 Å². The van der Waals surface area contributed by atoms with Crippen molar-refractivity contribution < 1.29 is 27.5 Å². The molecule has 2 aliphatic heterocycles. The molecule has 2 saturated heterocycles. The Hall–Kier alpha value is -3.05. The van der Waals surface area contributed by atoms with Gasteiger partial charge in [-0.3, -0.25) is 13.9 Å². The molecule has 0 spiro atoms. The van der Waals surface area contributed by atoms with Gasteiger partial charge in [-0.2, -0.15) is 0 Å². The summed E-state index contributed by atoms with van der Waals surface area (Å²) in [6.45, 7) is 1.39. The van der Waals surface area contributed by atoms with E-state index in [0.29, 0.717) is 24.3 Å². The maximum atomic E-state index is 13.0. The first kappa shape index (κ1) is 24.1. The lowest BCUT2D eigenvalue weighted by atomic mass is 10.2. The maximum absolute atomic E-state index is 13.0. The van der Waals surface area contributed by atoms with E-state index < -0.39 is 39.4 Å². The number of benzene rings is 2. The van der Waals surface area contributed by atoms with E-state index in [1.165, 1.54) is 37.0 Å². The number of rotatable bonds is 7. The summed E-state index contributed by atoms with van der Waals surface area (Å²) in [5, 5.41) is 2.56. The number of anilines is 2. The summed E-state index contributed by atoms with van der Waals surface area (Å²) in [6.07, 6.45) is 1.08. The second kappa shape index (κ2) is 9.30. The molecule has 2 fully saturated rings. The summed E-state index contributed by atoms with van der Waals surface area (Å²) < 4.78 is 32.3. The normalized spacial score (nSPS) is 21.8. The Balaban J connectivity index is 1.37. The molecule has 1 N–H and O–H groups in total. The first-order chi connectivity index (χ1) is 16.1. The SMILES string of the molecule is CN(c1ccccc1)S(=O)(=O)c1cccc(NC(=O)COC(=O)[C@H]2CS[C@@]3(C)CCC(=O)N23)c1. The third kappa shape index (κ3) is 4.62. The van der Waals surface area contributed by atoms with Crippen molar-refractivity contribution >= 4 is 50.9 Å². The molecular formula is C23H25N3O6S2. The van der Waals surface area contributed by atoms with Crippen LogP contribution in [0.25, 0.3) is 0 Å². The van der Waals surface area contributed by atoms with Crippen LogP contribution in [0.15, 0.2) is 59.5 Å². The molecule has 0 aromatic heterocycles. The molecule has 0 aliphatic carbocycles. The Morgan fingerprint density at radius 2 is 1.94 bits per heavy atom. The molecule has 0 radical (unpaired) electrons. The molecule has 0 bridgehead atoms. The number of carbonyl (C=O) groups is 3. The molecular weight excluding hydrogens is 478 g/mol. The molecule has 0 unspecified atom stereocenters. The van der Waals surface area contributed by atoms with Crippen molar-refractivity contribution in [3.63, 3.8) is 0 Å². The molecule has 2 heterocycles. The van der Waals surface area contributed by atoms with Crippen LogP contribution in [0.3, 0.4) is 0 Å². The molecule has 180 valence electrons. The van der Waals surface area contributed by atoms with Crippen LogP contribution in [0, 0.1) is 0 Å². The van der Waals surface area contributed by atoms with Crippen molar-refractivity contribution in [1.29, 1.82) is 0 Å². The average Bonchev–Trinajstić information content (AvgIpc) is 3.33. The number of fused-ring (bicyclic) bond motifs is 1. The minimum absolute atomic E-state index is 0.00320. The van der Waals surface area contributed by atoms with E-state index in [1.807, 2.05) is 6.92 Å². The molecule has 2 amide bonds. The van der Waals surface area contributed by atoms with Gasteiger partial charge in [0.05, 0.1) is 15.5 Å². The number of sulfonamides is 1. The van der Waals surface area contributed by atoms with Crippen LogP contribution in [0.1, 0.15) is 19.8 Å². The fraction of sp³-hybridized carbons (Fsp3) is 0.348. The smallest absolute Gasteiger partial charge is 0.330 e.